The highest BCUT2D eigenvalue weighted by molar-refractivity contribution is 6.19. The first-order chi connectivity index (χ1) is 10.9. The molecule has 7 heteroatoms. The van der Waals surface area contributed by atoms with Crippen LogP contribution in [0.25, 0.3) is 0 Å². The van der Waals surface area contributed by atoms with E-state index < -0.39 is 5.41 Å². The lowest BCUT2D eigenvalue weighted by Crippen LogP contribution is -2.44. The molecule has 0 aliphatic carbocycles. The number of methoxy groups -OCH3 is 1. The number of hydrazone groups is 1. The Hall–Kier alpha value is -1.79. The Labute approximate surface area is 148 Å². The minimum absolute atomic E-state index is 0. The Kier molecular flexibility index (Phi) is 5.40. The molecular weight excluding hydrogens is 330 g/mol. The number of hydrogen-bond acceptors (Lipinski definition) is 5. The first-order valence-corrected chi connectivity index (χ1v) is 7.96. The van der Waals surface area contributed by atoms with Gasteiger partial charge in [0.2, 0.25) is 0 Å². The van der Waals surface area contributed by atoms with Gasteiger partial charge in [0, 0.05) is 5.56 Å². The maximum Gasteiger partial charge on any atom is 0.254 e. The van der Waals surface area contributed by atoms with Gasteiger partial charge in [-0.05, 0) is 58.0 Å². The highest BCUT2D eigenvalue weighted by Gasteiger charge is 2.46. The zero-order valence-corrected chi connectivity index (χ0v) is 15.0. The number of hydrogen-bond donors (Lipinski definition) is 2. The molecule has 1 aromatic rings. The number of benzene rings is 1. The predicted molar refractivity (Wildman–Crippen MR) is 95.0 cm³/mol. The largest absolute Gasteiger partial charge is 0.504 e. The Morgan fingerprint density at radius 3 is 2.58 bits per heavy atom. The molecule has 1 amide bonds. The summed E-state index contributed by atoms with van der Waals surface area (Å²) in [6, 6.07) is 5.28. The Bertz CT molecular complexity index is 654. The van der Waals surface area contributed by atoms with Crippen LogP contribution in [0.4, 0.5) is 0 Å². The van der Waals surface area contributed by atoms with Crippen LogP contribution in [0.15, 0.2) is 23.3 Å². The molecule has 0 spiro atoms. The molecule has 3 rings (SSSR count). The molecule has 0 radical (unpaired) electrons. The topological polar surface area (TPSA) is 74.2 Å². The van der Waals surface area contributed by atoms with Crippen LogP contribution in [0.5, 0.6) is 11.5 Å². The lowest BCUT2D eigenvalue weighted by atomic mass is 9.83. The van der Waals surface area contributed by atoms with Crippen LogP contribution in [0.1, 0.15) is 32.3 Å². The molecule has 1 saturated heterocycles. The van der Waals surface area contributed by atoms with E-state index in [1.165, 1.54) is 7.11 Å². The number of phenols is 1. The van der Waals surface area contributed by atoms with E-state index in [1.54, 1.807) is 17.1 Å². The third-order valence-electron chi connectivity index (χ3n) is 4.65. The number of nitrogens with one attached hydrogen (secondary N) is 1. The summed E-state index contributed by atoms with van der Waals surface area (Å²) >= 11 is 0. The molecule has 132 valence electrons. The Balaban J connectivity index is 0.00000208. The third-order valence-corrected chi connectivity index (χ3v) is 4.65. The van der Waals surface area contributed by atoms with Crippen LogP contribution in [0.3, 0.4) is 0 Å². The lowest BCUT2D eigenvalue weighted by molar-refractivity contribution is -0.137. The van der Waals surface area contributed by atoms with Crippen LogP contribution < -0.4 is 10.1 Å². The Morgan fingerprint density at radius 1 is 1.33 bits per heavy atom. The van der Waals surface area contributed by atoms with Crippen LogP contribution in [-0.2, 0) is 4.79 Å². The van der Waals surface area contributed by atoms with Crippen LogP contribution in [0.2, 0.25) is 0 Å². The van der Waals surface area contributed by atoms with Gasteiger partial charge in [-0.2, -0.15) is 5.10 Å². The number of carbonyl (C=O) groups is 1. The third kappa shape index (κ3) is 3.08. The van der Waals surface area contributed by atoms with Gasteiger partial charge in [0.25, 0.3) is 5.91 Å². The first kappa shape index (κ1) is 18.5. The van der Waals surface area contributed by atoms with Crippen LogP contribution >= 0.6 is 12.4 Å². The van der Waals surface area contributed by atoms with Crippen molar-refractivity contribution in [2.75, 3.05) is 20.2 Å². The maximum atomic E-state index is 12.8. The van der Waals surface area contributed by atoms with Gasteiger partial charge in [0.15, 0.2) is 11.5 Å². The minimum Gasteiger partial charge on any atom is -0.504 e. The van der Waals surface area contributed by atoms with Crippen molar-refractivity contribution in [2.45, 2.75) is 32.7 Å². The maximum absolute atomic E-state index is 12.8. The molecule has 1 aromatic carbocycles. The highest BCUT2D eigenvalue weighted by atomic mass is 35.5. The summed E-state index contributed by atoms with van der Waals surface area (Å²) in [6.45, 7) is 5.58. The molecule has 0 bridgehead atoms. The van der Waals surface area contributed by atoms with Crippen LogP contribution in [-0.4, -0.2) is 48.0 Å². The second-order valence-corrected chi connectivity index (χ2v) is 6.59. The number of ether oxygens (including phenoxy) is 1. The summed E-state index contributed by atoms with van der Waals surface area (Å²) in [6.07, 6.45) is 1.82. The van der Waals surface area contributed by atoms with Gasteiger partial charge in [-0.25, -0.2) is 5.01 Å². The van der Waals surface area contributed by atoms with Crippen molar-refractivity contribution in [1.29, 1.82) is 0 Å². The molecule has 2 aliphatic rings. The minimum atomic E-state index is -0.702. The van der Waals surface area contributed by atoms with Crippen LogP contribution in [0, 0.1) is 5.41 Å². The summed E-state index contributed by atoms with van der Waals surface area (Å²) in [7, 11) is 1.51. The lowest BCUT2D eigenvalue weighted by Gasteiger charge is -2.30. The van der Waals surface area contributed by atoms with E-state index in [-0.39, 0.29) is 30.1 Å². The number of amides is 1. The van der Waals surface area contributed by atoms with Crippen molar-refractivity contribution in [3.63, 3.8) is 0 Å². The van der Waals surface area contributed by atoms with Crippen molar-refractivity contribution in [2.24, 2.45) is 10.5 Å². The summed E-state index contributed by atoms with van der Waals surface area (Å²) in [5.74, 6) is 0.484. The van der Waals surface area contributed by atoms with Gasteiger partial charge in [-0.3, -0.25) is 4.79 Å². The molecule has 2 heterocycles. The molecule has 2 aliphatic heterocycles. The standard InChI is InChI=1S/C17H23N3O3.ClH/c1-17(2)15(11-4-5-14(23-3)13(21)10-11)19-20(16(17)22)12-6-8-18-9-7-12;/h4-5,10,12,18,21H,6-9H2,1-3H3;1H. The molecule has 0 unspecified atom stereocenters. The molecular formula is C17H24ClN3O3. The van der Waals surface area contributed by atoms with Gasteiger partial charge in [-0.15, -0.1) is 12.4 Å². The second-order valence-electron chi connectivity index (χ2n) is 6.59. The molecule has 0 saturated carbocycles. The van der Waals surface area contributed by atoms with Crippen molar-refractivity contribution < 1.29 is 14.6 Å². The number of piperidine rings is 1. The van der Waals surface area contributed by atoms with E-state index in [2.05, 4.69) is 10.4 Å². The summed E-state index contributed by atoms with van der Waals surface area (Å²) in [5.41, 5.74) is 0.739. The molecule has 2 N–H and O–H groups in total. The van der Waals surface area contributed by atoms with Crippen molar-refractivity contribution in [3.8, 4) is 11.5 Å². The van der Waals surface area contributed by atoms with E-state index >= 15 is 0 Å². The van der Waals surface area contributed by atoms with Gasteiger partial charge in [0.05, 0.1) is 24.3 Å². The van der Waals surface area contributed by atoms with Gasteiger partial charge < -0.3 is 15.2 Å². The van der Waals surface area contributed by atoms with Gasteiger partial charge >= 0.3 is 0 Å². The monoisotopic (exact) mass is 353 g/mol. The summed E-state index contributed by atoms with van der Waals surface area (Å²) in [5, 5.41) is 19.6. The second kappa shape index (κ2) is 6.99. The smallest absolute Gasteiger partial charge is 0.254 e. The van der Waals surface area contributed by atoms with E-state index in [4.69, 9.17) is 4.74 Å². The number of halogens is 1. The zero-order valence-electron chi connectivity index (χ0n) is 14.2. The van der Waals surface area contributed by atoms with Crippen molar-refractivity contribution in [3.05, 3.63) is 23.8 Å². The SMILES string of the molecule is COc1ccc(C2=NN(C3CCNCC3)C(=O)C2(C)C)cc1O.Cl. The van der Waals surface area contributed by atoms with Crippen molar-refractivity contribution >= 4 is 24.0 Å². The quantitative estimate of drug-likeness (QED) is 0.873. The number of carbonyl (C=O) groups excluding carboxylic acids is 1. The average Bonchev–Trinajstić information content (AvgIpc) is 2.79. The first-order valence-electron chi connectivity index (χ1n) is 7.96. The number of phenolic OH excluding ortho intramolecular Hbond substituents is 1. The van der Waals surface area contributed by atoms with E-state index in [1.807, 2.05) is 19.9 Å². The van der Waals surface area contributed by atoms with Crippen molar-refractivity contribution in [1.82, 2.24) is 10.3 Å². The van der Waals surface area contributed by atoms with Gasteiger partial charge in [-0.1, -0.05) is 0 Å². The highest BCUT2D eigenvalue weighted by Crippen LogP contribution is 2.36. The van der Waals surface area contributed by atoms with E-state index in [9.17, 15) is 9.90 Å². The van der Waals surface area contributed by atoms with Gasteiger partial charge in [0.1, 0.15) is 0 Å². The molecule has 0 aromatic heterocycles. The molecule has 0 atom stereocenters. The fourth-order valence-electron chi connectivity index (χ4n) is 3.22. The number of nitrogens with zero attached hydrogens (tertiary/aromatic N) is 2. The molecule has 6 nitrogen and oxygen atoms in total. The van der Waals surface area contributed by atoms with E-state index in [0.29, 0.717) is 11.5 Å². The fraction of sp³-hybridized carbons (Fsp3) is 0.529. The normalized spacial score (nSPS) is 20.5. The zero-order chi connectivity index (χ0) is 16.6. The Morgan fingerprint density at radius 2 is 2.00 bits per heavy atom. The van der Waals surface area contributed by atoms with E-state index in [0.717, 1.165) is 31.5 Å². The number of rotatable bonds is 3. The summed E-state index contributed by atoms with van der Waals surface area (Å²) < 4.78 is 5.08. The predicted octanol–water partition coefficient (Wildman–Crippen LogP) is 2.15. The average molecular weight is 354 g/mol. The number of aromatic hydroxyl groups is 1. The fourth-order valence-corrected chi connectivity index (χ4v) is 3.22. The molecule has 1 fully saturated rings. The molecule has 24 heavy (non-hydrogen) atoms. The summed E-state index contributed by atoms with van der Waals surface area (Å²) in [4.78, 5) is 12.8.